The highest BCUT2D eigenvalue weighted by atomic mass is 16.5. The van der Waals surface area contributed by atoms with Crippen molar-refractivity contribution in [3.63, 3.8) is 0 Å². The molecule has 18 heavy (non-hydrogen) atoms. The molecule has 0 radical (unpaired) electrons. The molecule has 0 bridgehead atoms. The molecule has 0 amide bonds. The Morgan fingerprint density at radius 3 is 2.50 bits per heavy atom. The van der Waals surface area contributed by atoms with Crippen molar-refractivity contribution >= 4 is 21.7 Å². The first-order chi connectivity index (χ1) is 8.70. The third kappa shape index (κ3) is 1.48. The van der Waals surface area contributed by atoms with E-state index in [0.717, 1.165) is 27.5 Å². The monoisotopic (exact) mass is 240 g/mol. The minimum atomic E-state index is -0.324. The van der Waals surface area contributed by atoms with Crippen molar-refractivity contribution in [1.82, 2.24) is 0 Å². The number of hydrogen-bond donors (Lipinski definition) is 0. The zero-order valence-corrected chi connectivity index (χ0v) is 10.2. The van der Waals surface area contributed by atoms with Crippen LogP contribution < -0.4 is 10.4 Å². The summed E-state index contributed by atoms with van der Waals surface area (Å²) in [6, 6.07) is 11.2. The summed E-state index contributed by atoms with van der Waals surface area (Å²) in [5, 5.41) is 2.75. The van der Waals surface area contributed by atoms with Crippen molar-refractivity contribution in [1.29, 1.82) is 0 Å². The van der Waals surface area contributed by atoms with Crippen molar-refractivity contribution in [2.24, 2.45) is 0 Å². The van der Waals surface area contributed by atoms with E-state index in [9.17, 15) is 4.79 Å². The van der Waals surface area contributed by atoms with Crippen molar-refractivity contribution in [2.45, 2.75) is 6.92 Å². The van der Waals surface area contributed by atoms with Gasteiger partial charge in [0.15, 0.2) is 0 Å². The van der Waals surface area contributed by atoms with E-state index in [1.807, 2.05) is 37.3 Å². The van der Waals surface area contributed by atoms with E-state index in [4.69, 9.17) is 9.15 Å². The highest BCUT2D eigenvalue weighted by Gasteiger charge is 2.10. The lowest BCUT2D eigenvalue weighted by Crippen LogP contribution is -1.98. The Morgan fingerprint density at radius 1 is 1.06 bits per heavy atom. The van der Waals surface area contributed by atoms with Crippen molar-refractivity contribution in [3.8, 4) is 5.75 Å². The molecule has 0 aliphatic heterocycles. The summed E-state index contributed by atoms with van der Waals surface area (Å²) in [4.78, 5) is 11.5. The van der Waals surface area contributed by atoms with Gasteiger partial charge < -0.3 is 9.15 Å². The van der Waals surface area contributed by atoms with Crippen LogP contribution >= 0.6 is 0 Å². The van der Waals surface area contributed by atoms with Gasteiger partial charge in [-0.2, -0.15) is 0 Å². The number of rotatable bonds is 1. The summed E-state index contributed by atoms with van der Waals surface area (Å²) in [5.41, 5.74) is 1.19. The molecule has 3 rings (SSSR count). The number of methoxy groups -OCH3 is 1. The fourth-order valence-corrected chi connectivity index (χ4v) is 2.27. The molecular weight excluding hydrogens is 228 g/mol. The number of fused-ring (bicyclic) bond motifs is 3. The lowest BCUT2D eigenvalue weighted by atomic mass is 10.0. The summed E-state index contributed by atoms with van der Waals surface area (Å²) >= 11 is 0. The maximum absolute atomic E-state index is 11.5. The molecule has 0 saturated heterocycles. The molecular formula is C15H12O3. The maximum Gasteiger partial charge on any atom is 0.336 e. The fraction of sp³-hybridized carbons (Fsp3) is 0.133. The highest BCUT2D eigenvalue weighted by molar-refractivity contribution is 6.08. The molecule has 1 aromatic heterocycles. The van der Waals surface area contributed by atoms with Crippen LogP contribution in [0, 0.1) is 6.92 Å². The molecule has 0 N–H and O–H groups in total. The average molecular weight is 240 g/mol. The standard InChI is InChI=1S/C15H12O3/c1-9-7-14(16)18-15-11-6-4-3-5-10(11)13(17-2)8-12(9)15/h3-8H,1-2H3. The van der Waals surface area contributed by atoms with E-state index in [-0.39, 0.29) is 5.63 Å². The van der Waals surface area contributed by atoms with Gasteiger partial charge in [0.05, 0.1) is 7.11 Å². The smallest absolute Gasteiger partial charge is 0.336 e. The lowest BCUT2D eigenvalue weighted by Gasteiger charge is -2.09. The fourth-order valence-electron chi connectivity index (χ4n) is 2.27. The number of ether oxygens (including phenoxy) is 1. The predicted octanol–water partition coefficient (Wildman–Crippen LogP) is 3.26. The zero-order chi connectivity index (χ0) is 12.7. The van der Waals surface area contributed by atoms with Crippen LogP contribution in [0.4, 0.5) is 0 Å². The molecule has 0 spiro atoms. The van der Waals surface area contributed by atoms with Gasteiger partial charge in [-0.25, -0.2) is 4.79 Å². The third-order valence-electron chi connectivity index (χ3n) is 3.14. The van der Waals surface area contributed by atoms with Crippen molar-refractivity contribution in [2.75, 3.05) is 7.11 Å². The van der Waals surface area contributed by atoms with Gasteiger partial charge >= 0.3 is 5.63 Å². The number of hydrogen-bond acceptors (Lipinski definition) is 3. The Kier molecular flexibility index (Phi) is 2.33. The first-order valence-electron chi connectivity index (χ1n) is 5.71. The van der Waals surface area contributed by atoms with Gasteiger partial charge in [-0.15, -0.1) is 0 Å². The largest absolute Gasteiger partial charge is 0.496 e. The van der Waals surface area contributed by atoms with Crippen LogP contribution in [0.15, 0.2) is 45.6 Å². The Bertz CT molecular complexity index is 800. The number of aryl methyl sites for hydroxylation is 1. The number of benzene rings is 2. The second-order valence-electron chi connectivity index (χ2n) is 4.25. The maximum atomic E-state index is 11.5. The molecule has 0 aliphatic rings. The van der Waals surface area contributed by atoms with Gasteiger partial charge in [-0.3, -0.25) is 0 Å². The molecule has 0 atom stereocenters. The zero-order valence-electron chi connectivity index (χ0n) is 10.2. The minimum Gasteiger partial charge on any atom is -0.496 e. The molecule has 0 aliphatic carbocycles. The molecule has 90 valence electrons. The minimum absolute atomic E-state index is 0.324. The quantitative estimate of drug-likeness (QED) is 0.484. The third-order valence-corrected chi connectivity index (χ3v) is 3.14. The van der Waals surface area contributed by atoms with Crippen LogP contribution in [-0.4, -0.2) is 7.11 Å². The molecule has 2 aromatic carbocycles. The van der Waals surface area contributed by atoms with E-state index < -0.39 is 0 Å². The normalized spacial score (nSPS) is 11.0. The second kappa shape index (κ2) is 3.88. The molecule has 3 aromatic rings. The van der Waals surface area contributed by atoms with Crippen LogP contribution in [0.1, 0.15) is 5.56 Å². The van der Waals surface area contributed by atoms with E-state index in [0.29, 0.717) is 5.58 Å². The second-order valence-corrected chi connectivity index (χ2v) is 4.25. The van der Waals surface area contributed by atoms with E-state index in [1.165, 1.54) is 6.07 Å². The lowest BCUT2D eigenvalue weighted by molar-refractivity contribution is 0.420. The molecule has 0 saturated carbocycles. The van der Waals surface area contributed by atoms with Crippen LogP contribution in [0.3, 0.4) is 0 Å². The molecule has 3 nitrogen and oxygen atoms in total. The average Bonchev–Trinajstić information content (AvgIpc) is 2.38. The van der Waals surface area contributed by atoms with Crippen LogP contribution in [0.25, 0.3) is 21.7 Å². The Labute approximate surface area is 104 Å². The van der Waals surface area contributed by atoms with Gasteiger partial charge in [0, 0.05) is 22.2 Å². The van der Waals surface area contributed by atoms with E-state index in [2.05, 4.69) is 0 Å². The molecule has 1 heterocycles. The van der Waals surface area contributed by atoms with Crippen LogP contribution in [0.5, 0.6) is 5.75 Å². The SMILES string of the molecule is COc1cc2c(C)cc(=O)oc2c2ccccc12. The molecule has 3 heteroatoms. The Morgan fingerprint density at radius 2 is 1.78 bits per heavy atom. The summed E-state index contributed by atoms with van der Waals surface area (Å²) in [5.74, 6) is 0.787. The van der Waals surface area contributed by atoms with Gasteiger partial charge in [-0.1, -0.05) is 24.3 Å². The highest BCUT2D eigenvalue weighted by Crippen LogP contribution is 2.33. The van der Waals surface area contributed by atoms with Gasteiger partial charge in [0.2, 0.25) is 0 Å². The van der Waals surface area contributed by atoms with E-state index >= 15 is 0 Å². The summed E-state index contributed by atoms with van der Waals surface area (Å²) < 4.78 is 10.7. The first kappa shape index (κ1) is 10.8. The molecule has 0 fully saturated rings. The van der Waals surface area contributed by atoms with E-state index in [1.54, 1.807) is 7.11 Å². The Balaban J connectivity index is 2.63. The predicted molar refractivity (Wildman–Crippen MR) is 71.3 cm³/mol. The first-order valence-corrected chi connectivity index (χ1v) is 5.71. The summed E-state index contributed by atoms with van der Waals surface area (Å²) in [6.07, 6.45) is 0. The summed E-state index contributed by atoms with van der Waals surface area (Å²) in [6.45, 7) is 1.90. The van der Waals surface area contributed by atoms with Crippen LogP contribution in [-0.2, 0) is 0 Å². The van der Waals surface area contributed by atoms with Gasteiger partial charge in [-0.05, 0) is 18.6 Å². The molecule has 0 unspecified atom stereocenters. The summed E-state index contributed by atoms with van der Waals surface area (Å²) in [7, 11) is 1.64. The van der Waals surface area contributed by atoms with Crippen molar-refractivity contribution < 1.29 is 9.15 Å². The Hall–Kier alpha value is -2.29. The van der Waals surface area contributed by atoms with Crippen LogP contribution in [0.2, 0.25) is 0 Å². The van der Waals surface area contributed by atoms with Crippen molar-refractivity contribution in [3.05, 3.63) is 52.4 Å². The van der Waals surface area contributed by atoms with Gasteiger partial charge in [0.1, 0.15) is 11.3 Å². The topological polar surface area (TPSA) is 39.4 Å². The van der Waals surface area contributed by atoms with Gasteiger partial charge in [0.25, 0.3) is 0 Å².